The quantitative estimate of drug-likeness (QED) is 0.689. The van der Waals surface area contributed by atoms with Crippen LogP contribution in [0.15, 0.2) is 22.7 Å². The van der Waals surface area contributed by atoms with E-state index < -0.39 is 11.9 Å². The van der Waals surface area contributed by atoms with Gasteiger partial charge in [0.25, 0.3) is 0 Å². The molecule has 0 spiro atoms. The smallest absolute Gasteiger partial charge is 0.328 e. The predicted octanol–water partition coefficient (Wildman–Crippen LogP) is 0.562. The zero-order chi connectivity index (χ0) is 10.6. The SMILES string of the molecule is Cc1cc(NC(=O)C=CC(=O)O)no1. The van der Waals surface area contributed by atoms with Crippen molar-refractivity contribution in [1.29, 1.82) is 0 Å². The first kappa shape index (κ1) is 9.97. The van der Waals surface area contributed by atoms with Crippen LogP contribution in [0.2, 0.25) is 0 Å². The van der Waals surface area contributed by atoms with Crippen LogP contribution in [-0.2, 0) is 9.59 Å². The first-order valence-electron chi connectivity index (χ1n) is 3.73. The van der Waals surface area contributed by atoms with Crippen LogP contribution < -0.4 is 5.32 Å². The normalized spacial score (nSPS) is 10.4. The van der Waals surface area contributed by atoms with Gasteiger partial charge in [0.05, 0.1) is 0 Å². The Morgan fingerprint density at radius 3 is 2.79 bits per heavy atom. The molecule has 6 heteroatoms. The highest BCUT2D eigenvalue weighted by molar-refractivity contribution is 6.01. The van der Waals surface area contributed by atoms with Crippen molar-refractivity contribution >= 4 is 17.7 Å². The van der Waals surface area contributed by atoms with Crippen molar-refractivity contribution in [3.63, 3.8) is 0 Å². The van der Waals surface area contributed by atoms with E-state index in [1.807, 2.05) is 0 Å². The number of carboxylic acids is 1. The van der Waals surface area contributed by atoms with Gasteiger partial charge >= 0.3 is 5.97 Å². The van der Waals surface area contributed by atoms with Crippen LogP contribution in [-0.4, -0.2) is 22.1 Å². The maximum absolute atomic E-state index is 11.0. The molecule has 0 aliphatic heterocycles. The van der Waals surface area contributed by atoms with Gasteiger partial charge in [0, 0.05) is 18.2 Å². The third-order valence-electron chi connectivity index (χ3n) is 1.26. The molecule has 1 aromatic rings. The molecule has 2 N–H and O–H groups in total. The molecule has 0 aromatic carbocycles. The Bertz CT molecular complexity index is 380. The van der Waals surface area contributed by atoms with Crippen molar-refractivity contribution in [3.05, 3.63) is 24.0 Å². The third kappa shape index (κ3) is 3.10. The van der Waals surface area contributed by atoms with Crippen molar-refractivity contribution in [3.8, 4) is 0 Å². The molecule has 1 rings (SSSR count). The van der Waals surface area contributed by atoms with Crippen molar-refractivity contribution in [2.45, 2.75) is 6.92 Å². The van der Waals surface area contributed by atoms with Crippen LogP contribution in [0.5, 0.6) is 0 Å². The van der Waals surface area contributed by atoms with Gasteiger partial charge in [-0.1, -0.05) is 5.16 Å². The van der Waals surface area contributed by atoms with Gasteiger partial charge in [-0.2, -0.15) is 0 Å². The summed E-state index contributed by atoms with van der Waals surface area (Å²) in [7, 11) is 0. The van der Waals surface area contributed by atoms with Gasteiger partial charge in [0.15, 0.2) is 5.82 Å². The molecule has 0 aliphatic carbocycles. The molecule has 0 bridgehead atoms. The number of anilines is 1. The summed E-state index contributed by atoms with van der Waals surface area (Å²) in [6.45, 7) is 1.68. The summed E-state index contributed by atoms with van der Waals surface area (Å²) in [5, 5.41) is 14.1. The molecule has 14 heavy (non-hydrogen) atoms. The summed E-state index contributed by atoms with van der Waals surface area (Å²) < 4.78 is 4.69. The summed E-state index contributed by atoms with van der Waals surface area (Å²) >= 11 is 0. The number of carbonyl (C=O) groups is 2. The molecule has 0 fully saturated rings. The summed E-state index contributed by atoms with van der Waals surface area (Å²) in [5.74, 6) is -0.942. The zero-order valence-corrected chi connectivity index (χ0v) is 7.35. The minimum atomic E-state index is -1.18. The number of amides is 1. The number of rotatable bonds is 3. The number of hydrogen-bond acceptors (Lipinski definition) is 4. The fourth-order valence-corrected chi connectivity index (χ4v) is 0.740. The second kappa shape index (κ2) is 4.22. The van der Waals surface area contributed by atoms with Gasteiger partial charge in [-0.05, 0) is 6.92 Å². The largest absolute Gasteiger partial charge is 0.478 e. The van der Waals surface area contributed by atoms with Crippen LogP contribution in [0.1, 0.15) is 5.76 Å². The highest BCUT2D eigenvalue weighted by Crippen LogP contribution is 2.06. The molecule has 0 saturated carbocycles. The number of nitrogens with one attached hydrogen (secondary N) is 1. The third-order valence-corrected chi connectivity index (χ3v) is 1.26. The van der Waals surface area contributed by atoms with Gasteiger partial charge in [-0.25, -0.2) is 4.79 Å². The van der Waals surface area contributed by atoms with Gasteiger partial charge < -0.3 is 14.9 Å². The Hall–Kier alpha value is -2.11. The number of carboxylic acid groups (broad SMARTS) is 1. The van der Waals surface area contributed by atoms with Gasteiger partial charge in [0.1, 0.15) is 5.76 Å². The van der Waals surface area contributed by atoms with Crippen molar-refractivity contribution in [2.24, 2.45) is 0 Å². The van der Waals surface area contributed by atoms with Crippen LogP contribution in [0.4, 0.5) is 5.82 Å². The Labute approximate surface area is 79.2 Å². The molecule has 0 radical (unpaired) electrons. The number of aryl methyl sites for hydroxylation is 1. The summed E-state index contributed by atoms with van der Waals surface area (Å²) in [6.07, 6.45) is 1.63. The molecular weight excluding hydrogens is 188 g/mol. The molecule has 1 aromatic heterocycles. The van der Waals surface area contributed by atoms with Crippen molar-refractivity contribution in [1.82, 2.24) is 5.16 Å². The number of aromatic nitrogens is 1. The van der Waals surface area contributed by atoms with Gasteiger partial charge in [-0.3, -0.25) is 4.79 Å². The first-order valence-corrected chi connectivity index (χ1v) is 3.73. The molecule has 0 atom stereocenters. The summed E-state index contributed by atoms with van der Waals surface area (Å²) in [4.78, 5) is 21.0. The van der Waals surface area contributed by atoms with Crippen molar-refractivity contribution in [2.75, 3.05) is 5.32 Å². The average Bonchev–Trinajstić information content (AvgIpc) is 2.48. The lowest BCUT2D eigenvalue weighted by molar-refractivity contribution is -0.131. The lowest BCUT2D eigenvalue weighted by Gasteiger charge is -1.92. The lowest BCUT2D eigenvalue weighted by Crippen LogP contribution is -2.08. The standard InChI is InChI=1S/C8H8N2O4/c1-5-4-6(10-14-5)9-7(11)2-3-8(12)13/h2-4H,1H3,(H,12,13)(H,9,10,11). The number of nitrogens with zero attached hydrogens (tertiary/aromatic N) is 1. The number of aliphatic carboxylic acids is 1. The zero-order valence-electron chi connectivity index (χ0n) is 7.35. The van der Waals surface area contributed by atoms with Crippen LogP contribution in [0.3, 0.4) is 0 Å². The van der Waals surface area contributed by atoms with E-state index >= 15 is 0 Å². The fourth-order valence-electron chi connectivity index (χ4n) is 0.740. The van der Waals surface area contributed by atoms with Crippen LogP contribution >= 0.6 is 0 Å². The minimum Gasteiger partial charge on any atom is -0.478 e. The Morgan fingerprint density at radius 1 is 1.57 bits per heavy atom. The molecule has 0 saturated heterocycles. The highest BCUT2D eigenvalue weighted by Gasteiger charge is 2.02. The Balaban J connectivity index is 2.53. The molecular formula is C8H8N2O4. The molecule has 0 unspecified atom stereocenters. The molecule has 6 nitrogen and oxygen atoms in total. The molecule has 1 heterocycles. The van der Waals surface area contributed by atoms with Crippen LogP contribution in [0, 0.1) is 6.92 Å². The number of hydrogen-bond donors (Lipinski definition) is 2. The molecule has 0 aliphatic rings. The topological polar surface area (TPSA) is 92.4 Å². The average molecular weight is 196 g/mol. The first-order chi connectivity index (χ1) is 6.58. The number of carbonyl (C=O) groups excluding carboxylic acids is 1. The molecule has 74 valence electrons. The maximum Gasteiger partial charge on any atom is 0.328 e. The van der Waals surface area contributed by atoms with E-state index in [0.717, 1.165) is 12.2 Å². The minimum absolute atomic E-state index is 0.252. The van der Waals surface area contributed by atoms with Gasteiger partial charge in [-0.15, -0.1) is 0 Å². The fraction of sp³-hybridized carbons (Fsp3) is 0.125. The van der Waals surface area contributed by atoms with E-state index in [9.17, 15) is 9.59 Å². The Kier molecular flexibility index (Phi) is 3.01. The van der Waals surface area contributed by atoms with E-state index in [1.165, 1.54) is 6.07 Å². The second-order valence-electron chi connectivity index (χ2n) is 2.48. The Morgan fingerprint density at radius 2 is 2.29 bits per heavy atom. The lowest BCUT2D eigenvalue weighted by atomic mass is 10.4. The van der Waals surface area contributed by atoms with E-state index in [-0.39, 0.29) is 5.82 Å². The second-order valence-corrected chi connectivity index (χ2v) is 2.48. The van der Waals surface area contributed by atoms with E-state index in [4.69, 9.17) is 5.11 Å². The molecule has 1 amide bonds. The maximum atomic E-state index is 11.0. The van der Waals surface area contributed by atoms with Crippen molar-refractivity contribution < 1.29 is 19.2 Å². The van der Waals surface area contributed by atoms with E-state index in [1.54, 1.807) is 6.92 Å². The predicted molar refractivity (Wildman–Crippen MR) is 46.6 cm³/mol. The summed E-state index contributed by atoms with van der Waals surface area (Å²) in [6, 6.07) is 1.52. The summed E-state index contributed by atoms with van der Waals surface area (Å²) in [5.41, 5.74) is 0. The van der Waals surface area contributed by atoms with E-state index in [2.05, 4.69) is 15.0 Å². The monoisotopic (exact) mass is 196 g/mol. The van der Waals surface area contributed by atoms with Crippen LogP contribution in [0.25, 0.3) is 0 Å². The van der Waals surface area contributed by atoms with Gasteiger partial charge in [0.2, 0.25) is 5.91 Å². The highest BCUT2D eigenvalue weighted by atomic mass is 16.5. The van der Waals surface area contributed by atoms with E-state index in [0.29, 0.717) is 5.76 Å².